The van der Waals surface area contributed by atoms with Crippen LogP contribution in [0.5, 0.6) is 5.75 Å². The number of anilines is 2. The monoisotopic (exact) mass is 345 g/mol. The Kier molecular flexibility index (Phi) is 4.80. The summed E-state index contributed by atoms with van der Waals surface area (Å²) in [4.78, 5) is 11.8. The van der Waals surface area contributed by atoms with Crippen molar-refractivity contribution in [2.24, 2.45) is 0 Å². The maximum atomic E-state index is 11.8. The van der Waals surface area contributed by atoms with Crippen molar-refractivity contribution in [3.63, 3.8) is 0 Å². The number of rotatable bonds is 4. The van der Waals surface area contributed by atoms with Crippen LogP contribution in [0, 0.1) is 11.3 Å². The van der Waals surface area contributed by atoms with E-state index in [4.69, 9.17) is 15.7 Å². The van der Waals surface area contributed by atoms with Gasteiger partial charge in [-0.15, -0.1) is 0 Å². The van der Waals surface area contributed by atoms with Crippen LogP contribution in [0.4, 0.5) is 11.4 Å². The largest absolute Gasteiger partial charge is 0.482 e. The van der Waals surface area contributed by atoms with Crippen LogP contribution in [0.3, 0.4) is 0 Å². The van der Waals surface area contributed by atoms with Crippen molar-refractivity contribution < 1.29 is 9.53 Å². The van der Waals surface area contributed by atoms with Gasteiger partial charge in [-0.1, -0.05) is 12.1 Å². The molecule has 0 bridgehead atoms. The van der Waals surface area contributed by atoms with E-state index in [1.54, 1.807) is 18.2 Å². The van der Waals surface area contributed by atoms with Gasteiger partial charge in [-0.3, -0.25) is 4.79 Å². The summed E-state index contributed by atoms with van der Waals surface area (Å²) >= 11 is 3.34. The number of ether oxygens (including phenoxy) is 1. The molecule has 5 nitrogen and oxygen atoms in total. The number of nitrogens with zero attached hydrogens (tertiary/aromatic N) is 1. The molecule has 0 heterocycles. The minimum atomic E-state index is -0.317. The normalized spacial score (nSPS) is 9.71. The smallest absolute Gasteiger partial charge is 0.262 e. The number of para-hydroxylation sites is 1. The van der Waals surface area contributed by atoms with Gasteiger partial charge in [0.05, 0.1) is 11.3 Å². The van der Waals surface area contributed by atoms with Crippen molar-refractivity contribution in [2.45, 2.75) is 0 Å². The van der Waals surface area contributed by atoms with E-state index in [0.717, 1.165) is 4.47 Å². The first-order chi connectivity index (χ1) is 10.1. The minimum Gasteiger partial charge on any atom is -0.482 e. The number of nitrogens with one attached hydrogen (secondary N) is 1. The summed E-state index contributed by atoms with van der Waals surface area (Å²) in [6.07, 6.45) is 0. The Balaban J connectivity index is 1.99. The van der Waals surface area contributed by atoms with E-state index in [1.165, 1.54) is 6.07 Å². The van der Waals surface area contributed by atoms with Crippen molar-refractivity contribution in [2.75, 3.05) is 17.7 Å². The number of carbonyl (C=O) groups is 1. The van der Waals surface area contributed by atoms with Gasteiger partial charge in [0.25, 0.3) is 5.91 Å². The summed E-state index contributed by atoms with van der Waals surface area (Å²) < 4.78 is 6.13. The average Bonchev–Trinajstić information content (AvgIpc) is 2.48. The Labute approximate surface area is 130 Å². The lowest BCUT2D eigenvalue weighted by atomic mass is 10.2. The minimum absolute atomic E-state index is 0.195. The summed E-state index contributed by atoms with van der Waals surface area (Å²) in [5.74, 6) is 0.0107. The Morgan fingerprint density at radius 1 is 1.33 bits per heavy atom. The summed E-state index contributed by atoms with van der Waals surface area (Å²) in [6, 6.07) is 13.9. The summed E-state index contributed by atoms with van der Waals surface area (Å²) in [5.41, 5.74) is 7.01. The number of hydrogen-bond acceptors (Lipinski definition) is 4. The number of amides is 1. The van der Waals surface area contributed by atoms with Gasteiger partial charge >= 0.3 is 0 Å². The highest BCUT2D eigenvalue weighted by molar-refractivity contribution is 9.10. The Bertz CT molecular complexity index is 710. The zero-order valence-electron chi connectivity index (χ0n) is 11.0. The molecule has 0 fully saturated rings. The van der Waals surface area contributed by atoms with E-state index in [1.807, 2.05) is 24.3 Å². The number of carbonyl (C=O) groups excluding carboxylic acids is 1. The first kappa shape index (κ1) is 14.9. The number of nitrogen functional groups attached to an aromatic ring is 1. The highest BCUT2D eigenvalue weighted by atomic mass is 79.9. The topological polar surface area (TPSA) is 88.1 Å². The Morgan fingerprint density at radius 2 is 2.10 bits per heavy atom. The fourth-order valence-electron chi connectivity index (χ4n) is 1.65. The van der Waals surface area contributed by atoms with Crippen molar-refractivity contribution in [3.05, 3.63) is 52.5 Å². The van der Waals surface area contributed by atoms with Crippen molar-refractivity contribution in [1.29, 1.82) is 5.26 Å². The molecular formula is C15H12BrN3O2. The van der Waals surface area contributed by atoms with E-state index in [2.05, 4.69) is 21.2 Å². The molecule has 6 heteroatoms. The third-order valence-corrected chi connectivity index (χ3v) is 3.32. The highest BCUT2D eigenvalue weighted by Gasteiger charge is 2.08. The first-order valence-corrected chi connectivity index (χ1v) is 6.86. The van der Waals surface area contributed by atoms with Crippen molar-refractivity contribution >= 4 is 33.2 Å². The fourth-order valence-corrected chi connectivity index (χ4v) is 2.04. The molecule has 0 aliphatic heterocycles. The molecule has 1 amide bonds. The second kappa shape index (κ2) is 6.77. The third-order valence-electron chi connectivity index (χ3n) is 2.63. The van der Waals surface area contributed by atoms with Gasteiger partial charge in [-0.25, -0.2) is 0 Å². The van der Waals surface area contributed by atoms with Crippen LogP contribution in [0.1, 0.15) is 5.56 Å². The standard InChI is InChI=1S/C15H12BrN3O2/c16-12-3-1-2-4-13(12)19-15(20)9-21-14-6-5-11(18)7-10(14)8-17/h1-7H,9,18H2,(H,19,20). The molecule has 0 aliphatic rings. The van der Waals surface area contributed by atoms with Crippen LogP contribution < -0.4 is 15.8 Å². The lowest BCUT2D eigenvalue weighted by Crippen LogP contribution is -2.20. The average molecular weight is 346 g/mol. The Hall–Kier alpha value is -2.52. The molecule has 21 heavy (non-hydrogen) atoms. The summed E-state index contributed by atoms with van der Waals surface area (Å²) in [6.45, 7) is -0.195. The molecule has 2 aromatic rings. The molecule has 3 N–H and O–H groups in total. The van der Waals surface area contributed by atoms with Crippen LogP contribution in [-0.4, -0.2) is 12.5 Å². The molecule has 0 unspecified atom stereocenters. The predicted octanol–water partition coefficient (Wildman–Crippen LogP) is 2.92. The van der Waals surface area contributed by atoms with E-state index >= 15 is 0 Å². The lowest BCUT2D eigenvalue weighted by molar-refractivity contribution is -0.118. The van der Waals surface area contributed by atoms with Crippen LogP contribution in [0.25, 0.3) is 0 Å². The summed E-state index contributed by atoms with van der Waals surface area (Å²) in [7, 11) is 0. The number of nitriles is 1. The molecule has 2 rings (SSSR count). The molecule has 0 atom stereocenters. The second-order valence-corrected chi connectivity index (χ2v) is 5.04. The highest BCUT2D eigenvalue weighted by Crippen LogP contribution is 2.22. The molecular weight excluding hydrogens is 334 g/mol. The quantitative estimate of drug-likeness (QED) is 0.833. The van der Waals surface area contributed by atoms with E-state index in [-0.39, 0.29) is 12.5 Å². The van der Waals surface area contributed by atoms with Crippen LogP contribution in [-0.2, 0) is 4.79 Å². The van der Waals surface area contributed by atoms with Gasteiger partial charge in [0.1, 0.15) is 11.8 Å². The fraction of sp³-hybridized carbons (Fsp3) is 0.0667. The number of halogens is 1. The molecule has 106 valence electrons. The SMILES string of the molecule is N#Cc1cc(N)ccc1OCC(=O)Nc1ccccc1Br. The maximum absolute atomic E-state index is 11.8. The van der Waals surface area contributed by atoms with Gasteiger partial charge in [0.2, 0.25) is 0 Å². The molecule has 0 radical (unpaired) electrons. The molecule has 0 aromatic heterocycles. The molecule has 0 aliphatic carbocycles. The van der Waals surface area contributed by atoms with E-state index in [9.17, 15) is 4.79 Å². The van der Waals surface area contributed by atoms with E-state index < -0.39 is 0 Å². The second-order valence-electron chi connectivity index (χ2n) is 4.18. The van der Waals surface area contributed by atoms with Crippen LogP contribution in [0.2, 0.25) is 0 Å². The van der Waals surface area contributed by atoms with Gasteiger partial charge < -0.3 is 15.8 Å². The maximum Gasteiger partial charge on any atom is 0.262 e. The number of hydrogen-bond donors (Lipinski definition) is 2. The van der Waals surface area contributed by atoms with Gasteiger partial charge in [-0.2, -0.15) is 5.26 Å². The first-order valence-electron chi connectivity index (χ1n) is 6.07. The molecule has 2 aromatic carbocycles. The molecule has 0 saturated heterocycles. The molecule has 0 saturated carbocycles. The lowest BCUT2D eigenvalue weighted by Gasteiger charge is -2.10. The van der Waals surface area contributed by atoms with Crippen LogP contribution >= 0.6 is 15.9 Å². The number of benzene rings is 2. The zero-order chi connectivity index (χ0) is 15.2. The van der Waals surface area contributed by atoms with Gasteiger partial charge in [0.15, 0.2) is 6.61 Å². The van der Waals surface area contributed by atoms with Crippen LogP contribution in [0.15, 0.2) is 46.9 Å². The van der Waals surface area contributed by atoms with Crippen molar-refractivity contribution in [3.8, 4) is 11.8 Å². The van der Waals surface area contributed by atoms with E-state index in [0.29, 0.717) is 22.7 Å². The molecule has 0 spiro atoms. The summed E-state index contributed by atoms with van der Waals surface area (Å²) in [5, 5.41) is 11.7. The predicted molar refractivity (Wildman–Crippen MR) is 83.8 cm³/mol. The number of nitrogens with two attached hydrogens (primary N) is 1. The van der Waals surface area contributed by atoms with Gasteiger partial charge in [0, 0.05) is 10.2 Å². The van der Waals surface area contributed by atoms with Gasteiger partial charge in [-0.05, 0) is 46.3 Å². The Morgan fingerprint density at radius 3 is 2.81 bits per heavy atom. The van der Waals surface area contributed by atoms with Crippen molar-refractivity contribution in [1.82, 2.24) is 0 Å². The third kappa shape index (κ3) is 3.97. The zero-order valence-corrected chi connectivity index (χ0v) is 12.6.